The highest BCUT2D eigenvalue weighted by Gasteiger charge is 2.26. The van der Waals surface area contributed by atoms with Crippen LogP contribution in [0.5, 0.6) is 5.75 Å². The average molecular weight is 329 g/mol. The van der Waals surface area contributed by atoms with E-state index in [0.717, 1.165) is 12.1 Å². The quantitative estimate of drug-likeness (QED) is 0.846. The van der Waals surface area contributed by atoms with Gasteiger partial charge < -0.3 is 20.7 Å². The summed E-state index contributed by atoms with van der Waals surface area (Å²) in [7, 11) is 0. The lowest BCUT2D eigenvalue weighted by Gasteiger charge is -2.35. The number of benzene rings is 2. The number of carbonyl (C=O) groups excluding carboxylic acids is 1. The van der Waals surface area contributed by atoms with Crippen molar-refractivity contribution in [2.75, 3.05) is 29.0 Å². The minimum absolute atomic E-state index is 0.0120. The van der Waals surface area contributed by atoms with Gasteiger partial charge in [-0.25, -0.2) is 4.39 Å². The zero-order chi connectivity index (χ0) is 17.1. The minimum atomic E-state index is -0.335. The summed E-state index contributed by atoms with van der Waals surface area (Å²) in [5.41, 5.74) is 7.87. The summed E-state index contributed by atoms with van der Waals surface area (Å²) < 4.78 is 18.8. The fourth-order valence-electron chi connectivity index (χ4n) is 2.72. The Morgan fingerprint density at radius 2 is 2.08 bits per heavy atom. The molecule has 1 heterocycles. The number of rotatable bonds is 4. The molecule has 3 N–H and O–H groups in total. The molecule has 0 saturated carbocycles. The molecule has 6 heteroatoms. The number of carbonyl (C=O) groups is 1. The van der Waals surface area contributed by atoms with Crippen LogP contribution in [-0.4, -0.2) is 25.1 Å². The van der Waals surface area contributed by atoms with E-state index in [9.17, 15) is 9.18 Å². The molecule has 1 unspecified atom stereocenters. The fraction of sp³-hybridized carbons (Fsp3) is 0.278. The molecule has 5 nitrogen and oxygen atoms in total. The second-order valence-electron chi connectivity index (χ2n) is 5.81. The first-order chi connectivity index (χ1) is 11.5. The second kappa shape index (κ2) is 6.78. The van der Waals surface area contributed by atoms with E-state index in [-0.39, 0.29) is 24.4 Å². The standard InChI is InChI=1S/C18H20FN3O2/c1-2-15-10-22(16-8-5-13(20)9-17(16)24-15)11-18(23)21-14-6-3-12(19)4-7-14/h3-9,15H,2,10-11,20H2,1H3,(H,21,23). The van der Waals surface area contributed by atoms with Crippen LogP contribution in [0.25, 0.3) is 0 Å². The van der Waals surface area contributed by atoms with Gasteiger partial charge in [0.15, 0.2) is 0 Å². The molecule has 0 aromatic heterocycles. The number of nitrogens with zero attached hydrogens (tertiary/aromatic N) is 1. The number of nitrogens with one attached hydrogen (secondary N) is 1. The van der Waals surface area contributed by atoms with E-state index in [2.05, 4.69) is 5.32 Å². The molecule has 0 saturated heterocycles. The Morgan fingerprint density at radius 1 is 1.33 bits per heavy atom. The third kappa shape index (κ3) is 3.59. The molecule has 0 spiro atoms. The largest absolute Gasteiger partial charge is 0.486 e. The summed E-state index contributed by atoms with van der Waals surface area (Å²) in [6, 6.07) is 11.1. The van der Waals surface area contributed by atoms with Crippen molar-refractivity contribution in [3.05, 3.63) is 48.3 Å². The molecule has 0 bridgehead atoms. The number of hydrogen-bond donors (Lipinski definition) is 2. The Labute approximate surface area is 140 Å². The van der Waals surface area contributed by atoms with Gasteiger partial charge in [-0.15, -0.1) is 0 Å². The van der Waals surface area contributed by atoms with Crippen LogP contribution in [-0.2, 0) is 4.79 Å². The number of hydrogen-bond acceptors (Lipinski definition) is 4. The van der Waals surface area contributed by atoms with E-state index in [0.29, 0.717) is 23.7 Å². The van der Waals surface area contributed by atoms with Gasteiger partial charge in [0.2, 0.25) is 5.91 Å². The lowest BCUT2D eigenvalue weighted by molar-refractivity contribution is -0.115. The number of nitrogens with two attached hydrogens (primary N) is 1. The Morgan fingerprint density at radius 3 is 2.79 bits per heavy atom. The summed E-state index contributed by atoms with van der Waals surface area (Å²) in [4.78, 5) is 14.3. The van der Waals surface area contributed by atoms with E-state index in [1.807, 2.05) is 17.9 Å². The monoisotopic (exact) mass is 329 g/mol. The smallest absolute Gasteiger partial charge is 0.243 e. The number of anilines is 3. The lowest BCUT2D eigenvalue weighted by Crippen LogP contribution is -2.43. The van der Waals surface area contributed by atoms with Crippen LogP contribution in [0, 0.1) is 5.82 Å². The number of nitrogen functional groups attached to an aromatic ring is 1. The number of ether oxygens (including phenoxy) is 1. The van der Waals surface area contributed by atoms with Gasteiger partial charge in [-0.05, 0) is 42.8 Å². The van der Waals surface area contributed by atoms with E-state index in [4.69, 9.17) is 10.5 Å². The van der Waals surface area contributed by atoms with Gasteiger partial charge in [0, 0.05) is 17.4 Å². The van der Waals surface area contributed by atoms with Crippen LogP contribution in [0.1, 0.15) is 13.3 Å². The van der Waals surface area contributed by atoms with Crippen molar-refractivity contribution in [3.8, 4) is 5.75 Å². The van der Waals surface area contributed by atoms with E-state index < -0.39 is 0 Å². The second-order valence-corrected chi connectivity index (χ2v) is 5.81. The first-order valence-electron chi connectivity index (χ1n) is 7.91. The third-order valence-corrected chi connectivity index (χ3v) is 3.96. The van der Waals surface area contributed by atoms with Crippen molar-refractivity contribution < 1.29 is 13.9 Å². The maximum absolute atomic E-state index is 12.9. The molecule has 0 radical (unpaired) electrons. The molecule has 0 fully saturated rings. The van der Waals surface area contributed by atoms with Gasteiger partial charge in [-0.2, -0.15) is 0 Å². The van der Waals surface area contributed by atoms with Crippen LogP contribution in [0.4, 0.5) is 21.5 Å². The molecule has 0 aliphatic carbocycles. The van der Waals surface area contributed by atoms with Crippen molar-refractivity contribution >= 4 is 23.0 Å². The highest BCUT2D eigenvalue weighted by Crippen LogP contribution is 2.35. The van der Waals surface area contributed by atoms with Crippen molar-refractivity contribution in [2.24, 2.45) is 0 Å². The Bertz CT molecular complexity index is 734. The summed E-state index contributed by atoms with van der Waals surface area (Å²) in [6.07, 6.45) is 0.850. The van der Waals surface area contributed by atoms with E-state index in [1.165, 1.54) is 24.3 Å². The third-order valence-electron chi connectivity index (χ3n) is 3.96. The van der Waals surface area contributed by atoms with Crippen molar-refractivity contribution in [1.29, 1.82) is 0 Å². The summed E-state index contributed by atoms with van der Waals surface area (Å²) in [5.74, 6) is 0.197. The fourth-order valence-corrected chi connectivity index (χ4v) is 2.72. The van der Waals surface area contributed by atoms with Gasteiger partial charge in [0.1, 0.15) is 17.7 Å². The number of amides is 1. The van der Waals surface area contributed by atoms with Crippen LogP contribution in [0.3, 0.4) is 0 Å². The predicted octanol–water partition coefficient (Wildman–Crippen LogP) is 3.02. The SMILES string of the molecule is CCC1CN(CC(=O)Nc2ccc(F)cc2)c2ccc(N)cc2O1. The van der Waals surface area contributed by atoms with E-state index in [1.54, 1.807) is 12.1 Å². The van der Waals surface area contributed by atoms with Crippen molar-refractivity contribution in [3.63, 3.8) is 0 Å². The molecule has 1 atom stereocenters. The van der Waals surface area contributed by atoms with Crippen LogP contribution in [0.15, 0.2) is 42.5 Å². The van der Waals surface area contributed by atoms with Crippen LogP contribution >= 0.6 is 0 Å². The Kier molecular flexibility index (Phi) is 4.55. The molecular weight excluding hydrogens is 309 g/mol. The van der Waals surface area contributed by atoms with Crippen LogP contribution < -0.4 is 20.7 Å². The predicted molar refractivity (Wildman–Crippen MR) is 92.8 cm³/mol. The molecular formula is C18H20FN3O2. The molecule has 3 rings (SSSR count). The minimum Gasteiger partial charge on any atom is -0.486 e. The van der Waals surface area contributed by atoms with Crippen LogP contribution in [0.2, 0.25) is 0 Å². The normalized spacial score (nSPS) is 16.2. The summed E-state index contributed by atoms with van der Waals surface area (Å²) in [5, 5.41) is 2.78. The number of halogens is 1. The average Bonchev–Trinajstić information content (AvgIpc) is 2.56. The molecule has 1 amide bonds. The molecule has 24 heavy (non-hydrogen) atoms. The summed E-state index contributed by atoms with van der Waals surface area (Å²) in [6.45, 7) is 2.86. The van der Waals surface area contributed by atoms with Crippen molar-refractivity contribution in [1.82, 2.24) is 0 Å². The van der Waals surface area contributed by atoms with Gasteiger partial charge in [-0.1, -0.05) is 6.92 Å². The maximum atomic E-state index is 12.9. The molecule has 1 aliphatic heterocycles. The highest BCUT2D eigenvalue weighted by molar-refractivity contribution is 5.94. The summed E-state index contributed by atoms with van der Waals surface area (Å²) >= 11 is 0. The first kappa shape index (κ1) is 16.1. The first-order valence-corrected chi connectivity index (χ1v) is 7.91. The van der Waals surface area contributed by atoms with E-state index >= 15 is 0 Å². The molecule has 126 valence electrons. The topological polar surface area (TPSA) is 67.6 Å². The van der Waals surface area contributed by atoms with Gasteiger partial charge >= 0.3 is 0 Å². The zero-order valence-electron chi connectivity index (χ0n) is 13.5. The molecule has 2 aromatic rings. The Balaban J connectivity index is 1.74. The maximum Gasteiger partial charge on any atom is 0.243 e. The molecule has 1 aliphatic rings. The zero-order valence-corrected chi connectivity index (χ0v) is 13.5. The highest BCUT2D eigenvalue weighted by atomic mass is 19.1. The lowest BCUT2D eigenvalue weighted by atomic mass is 10.1. The Hall–Kier alpha value is -2.76. The molecule has 2 aromatic carbocycles. The van der Waals surface area contributed by atoms with Gasteiger partial charge in [0.05, 0.1) is 18.8 Å². The number of fused-ring (bicyclic) bond motifs is 1. The van der Waals surface area contributed by atoms with Gasteiger partial charge in [0.25, 0.3) is 0 Å². The van der Waals surface area contributed by atoms with Crippen molar-refractivity contribution in [2.45, 2.75) is 19.4 Å². The van der Waals surface area contributed by atoms with Gasteiger partial charge in [-0.3, -0.25) is 4.79 Å².